The van der Waals surface area contributed by atoms with Gasteiger partial charge < -0.3 is 5.32 Å². The Hall–Kier alpha value is -2.29. The first-order valence-electron chi connectivity index (χ1n) is 8.58. The van der Waals surface area contributed by atoms with Crippen LogP contribution in [0, 0.1) is 0 Å². The van der Waals surface area contributed by atoms with Crippen molar-refractivity contribution >= 4 is 46.6 Å². The molecule has 3 rings (SSSR count). The summed E-state index contributed by atoms with van der Waals surface area (Å²) in [5, 5.41) is 2.33. The van der Waals surface area contributed by atoms with Crippen LogP contribution in [-0.4, -0.2) is 21.1 Å². The van der Waals surface area contributed by atoms with Gasteiger partial charge in [0.15, 0.2) is 5.16 Å². The quantitative estimate of drug-likeness (QED) is 0.336. The predicted molar refractivity (Wildman–Crippen MR) is 113 cm³/mol. The summed E-state index contributed by atoms with van der Waals surface area (Å²) < 4.78 is 40.0. The first kappa shape index (κ1) is 22.4. The molecule has 0 saturated heterocycles. The Kier molecular flexibility index (Phi) is 6.90. The monoisotopic (exact) mass is 471 g/mol. The number of nitrogens with zero attached hydrogens (tertiary/aromatic N) is 2. The number of hydrogen-bond donors (Lipinski definition) is 1. The number of alkyl halides is 3. The van der Waals surface area contributed by atoms with Gasteiger partial charge >= 0.3 is 6.18 Å². The fraction of sp³-hybridized carbons (Fsp3) is 0.150. The second kappa shape index (κ2) is 9.24. The van der Waals surface area contributed by atoms with E-state index in [1.165, 1.54) is 19.1 Å². The van der Waals surface area contributed by atoms with Crippen LogP contribution in [0.15, 0.2) is 59.8 Å². The van der Waals surface area contributed by atoms with E-state index in [0.717, 1.165) is 17.8 Å². The molecule has 156 valence electrons. The van der Waals surface area contributed by atoms with Crippen LogP contribution in [0.2, 0.25) is 10.0 Å². The van der Waals surface area contributed by atoms with E-state index in [0.29, 0.717) is 16.3 Å². The number of carbonyl (C=O) groups excluding carboxylic acids is 1. The minimum Gasteiger partial charge on any atom is -0.324 e. The molecular weight excluding hydrogens is 458 g/mol. The van der Waals surface area contributed by atoms with Crippen molar-refractivity contribution in [2.75, 3.05) is 5.32 Å². The number of thioether (sulfide) groups is 1. The molecule has 0 radical (unpaired) electrons. The molecule has 0 saturated carbocycles. The lowest BCUT2D eigenvalue weighted by atomic mass is 10.1. The van der Waals surface area contributed by atoms with Crippen LogP contribution in [0.5, 0.6) is 0 Å². The van der Waals surface area contributed by atoms with E-state index in [4.69, 9.17) is 23.2 Å². The van der Waals surface area contributed by atoms with Gasteiger partial charge in [0.25, 0.3) is 0 Å². The van der Waals surface area contributed by atoms with Crippen LogP contribution in [0.1, 0.15) is 12.6 Å². The van der Waals surface area contributed by atoms with Gasteiger partial charge in [-0.05, 0) is 31.2 Å². The Labute approximate surface area is 184 Å². The van der Waals surface area contributed by atoms with Gasteiger partial charge in [-0.25, -0.2) is 9.97 Å². The van der Waals surface area contributed by atoms with E-state index in [1.807, 2.05) is 0 Å². The maximum atomic E-state index is 13.3. The second-order valence-electron chi connectivity index (χ2n) is 6.16. The minimum absolute atomic E-state index is 0.119. The lowest BCUT2D eigenvalue weighted by Crippen LogP contribution is -2.23. The van der Waals surface area contributed by atoms with Gasteiger partial charge in [-0.15, -0.1) is 0 Å². The lowest BCUT2D eigenvalue weighted by molar-refractivity contribution is -0.141. The number of halogens is 5. The Morgan fingerprint density at radius 3 is 2.40 bits per heavy atom. The summed E-state index contributed by atoms with van der Waals surface area (Å²) in [5.74, 6) is -0.466. The first-order valence-corrected chi connectivity index (χ1v) is 10.2. The smallest absolute Gasteiger partial charge is 0.324 e. The maximum Gasteiger partial charge on any atom is 0.433 e. The number of anilines is 1. The highest BCUT2D eigenvalue weighted by Gasteiger charge is 2.34. The van der Waals surface area contributed by atoms with E-state index in [1.54, 1.807) is 36.4 Å². The second-order valence-corrected chi connectivity index (χ2v) is 8.31. The third-order valence-electron chi connectivity index (χ3n) is 3.91. The van der Waals surface area contributed by atoms with Crippen LogP contribution < -0.4 is 5.32 Å². The third kappa shape index (κ3) is 5.65. The van der Waals surface area contributed by atoms with Crippen LogP contribution in [0.4, 0.5) is 18.9 Å². The molecule has 1 atom stereocenters. The Morgan fingerprint density at radius 1 is 1.07 bits per heavy atom. The van der Waals surface area contributed by atoms with Crippen molar-refractivity contribution in [2.45, 2.75) is 23.5 Å². The van der Waals surface area contributed by atoms with Crippen molar-refractivity contribution in [2.24, 2.45) is 0 Å². The van der Waals surface area contributed by atoms with E-state index >= 15 is 0 Å². The lowest BCUT2D eigenvalue weighted by Gasteiger charge is -2.14. The van der Waals surface area contributed by atoms with Crippen molar-refractivity contribution in [1.29, 1.82) is 0 Å². The van der Waals surface area contributed by atoms with E-state index in [2.05, 4.69) is 15.3 Å². The predicted octanol–water partition coefficient (Wildman–Crippen LogP) is 6.59. The number of nitrogens with one attached hydrogen (secondary N) is 1. The molecule has 0 spiro atoms. The van der Waals surface area contributed by atoms with Gasteiger partial charge in [-0.1, -0.05) is 65.3 Å². The molecule has 2 aromatic carbocycles. The summed E-state index contributed by atoms with van der Waals surface area (Å²) in [4.78, 5) is 20.3. The molecule has 0 aliphatic carbocycles. The van der Waals surface area contributed by atoms with Crippen LogP contribution in [0.25, 0.3) is 11.3 Å². The molecule has 0 fully saturated rings. The van der Waals surface area contributed by atoms with Gasteiger partial charge in [0.1, 0.15) is 5.69 Å². The first-order chi connectivity index (χ1) is 14.1. The maximum absolute atomic E-state index is 13.3. The van der Waals surface area contributed by atoms with E-state index in [-0.39, 0.29) is 15.9 Å². The normalized spacial score (nSPS) is 12.5. The number of hydrogen-bond acceptors (Lipinski definition) is 4. The van der Waals surface area contributed by atoms with Crippen LogP contribution >= 0.6 is 35.0 Å². The zero-order valence-corrected chi connectivity index (χ0v) is 17.7. The highest BCUT2D eigenvalue weighted by atomic mass is 35.5. The summed E-state index contributed by atoms with van der Waals surface area (Å²) in [6.07, 6.45) is -4.65. The van der Waals surface area contributed by atoms with Crippen LogP contribution in [0.3, 0.4) is 0 Å². The van der Waals surface area contributed by atoms with Gasteiger partial charge in [0, 0.05) is 10.6 Å². The topological polar surface area (TPSA) is 54.9 Å². The van der Waals surface area contributed by atoms with Gasteiger partial charge in [-0.3, -0.25) is 4.79 Å². The fourth-order valence-electron chi connectivity index (χ4n) is 2.42. The molecule has 0 unspecified atom stereocenters. The zero-order valence-electron chi connectivity index (χ0n) is 15.4. The van der Waals surface area contributed by atoms with Crippen molar-refractivity contribution < 1.29 is 18.0 Å². The number of carbonyl (C=O) groups is 1. The SMILES string of the molecule is C[C@H](Sc1nc(-c2ccccc2)cc(C(F)(F)F)n1)C(=O)Nc1ccc(Cl)cc1Cl. The number of rotatable bonds is 5. The Balaban J connectivity index is 1.84. The summed E-state index contributed by atoms with van der Waals surface area (Å²) in [7, 11) is 0. The molecule has 1 amide bonds. The fourth-order valence-corrected chi connectivity index (χ4v) is 3.66. The van der Waals surface area contributed by atoms with E-state index in [9.17, 15) is 18.0 Å². The van der Waals surface area contributed by atoms with Gasteiger partial charge in [0.2, 0.25) is 5.91 Å². The number of aromatic nitrogens is 2. The van der Waals surface area contributed by atoms with Crippen molar-refractivity contribution in [1.82, 2.24) is 9.97 Å². The average Bonchev–Trinajstić information content (AvgIpc) is 2.69. The van der Waals surface area contributed by atoms with Crippen molar-refractivity contribution in [3.63, 3.8) is 0 Å². The standard InChI is InChI=1S/C20H14Cl2F3N3OS/c1-11(18(29)26-15-8-7-13(21)9-14(15)22)30-19-27-16(12-5-3-2-4-6-12)10-17(28-19)20(23,24)25/h2-11H,1H3,(H,26,29)/t11-/m0/s1. The zero-order chi connectivity index (χ0) is 21.9. The third-order valence-corrected chi connectivity index (χ3v) is 5.41. The summed E-state index contributed by atoms with van der Waals surface area (Å²) in [6.45, 7) is 1.54. The molecule has 1 aromatic heterocycles. The van der Waals surface area contributed by atoms with Crippen LogP contribution in [-0.2, 0) is 11.0 Å². The molecule has 30 heavy (non-hydrogen) atoms. The molecule has 3 aromatic rings. The number of benzene rings is 2. The van der Waals surface area contributed by atoms with E-state index < -0.39 is 23.0 Å². The largest absolute Gasteiger partial charge is 0.433 e. The van der Waals surface area contributed by atoms with Crippen molar-refractivity contribution in [3.05, 3.63) is 70.3 Å². The summed E-state index contributed by atoms with van der Waals surface area (Å²) in [5.41, 5.74) is -0.105. The highest BCUT2D eigenvalue weighted by Crippen LogP contribution is 2.33. The molecule has 0 aliphatic heterocycles. The Morgan fingerprint density at radius 2 is 1.77 bits per heavy atom. The molecule has 10 heteroatoms. The average molecular weight is 472 g/mol. The summed E-state index contributed by atoms with van der Waals surface area (Å²) in [6, 6.07) is 13.9. The molecule has 0 bridgehead atoms. The molecule has 1 N–H and O–H groups in total. The highest BCUT2D eigenvalue weighted by molar-refractivity contribution is 8.00. The number of amides is 1. The molecule has 4 nitrogen and oxygen atoms in total. The molecule has 1 heterocycles. The summed E-state index contributed by atoms with van der Waals surface area (Å²) >= 11 is 12.7. The molecular formula is C20H14Cl2F3N3OS. The van der Waals surface area contributed by atoms with Crippen molar-refractivity contribution in [3.8, 4) is 11.3 Å². The minimum atomic E-state index is -4.65. The van der Waals surface area contributed by atoms with Gasteiger partial charge in [0.05, 0.1) is 21.7 Å². The Bertz CT molecular complexity index is 1060. The van der Waals surface area contributed by atoms with Gasteiger partial charge in [-0.2, -0.15) is 13.2 Å². The molecule has 0 aliphatic rings.